The molecule has 0 fully saturated rings. The van der Waals surface area contributed by atoms with Crippen LogP contribution in [-0.4, -0.2) is 26.2 Å². The van der Waals surface area contributed by atoms with Gasteiger partial charge in [0, 0.05) is 11.9 Å². The van der Waals surface area contributed by atoms with E-state index in [2.05, 4.69) is 34.0 Å². The third-order valence-electron chi connectivity index (χ3n) is 3.01. The quantitative estimate of drug-likeness (QED) is 0.319. The fraction of sp³-hybridized carbons (Fsp3) is 0.312. The molecule has 0 bridgehead atoms. The fourth-order valence-corrected chi connectivity index (χ4v) is 2.67. The Morgan fingerprint density at radius 2 is 1.95 bits per heavy atom. The summed E-state index contributed by atoms with van der Waals surface area (Å²) in [6.45, 7) is 4.22. The third kappa shape index (κ3) is 6.23. The lowest BCUT2D eigenvalue weighted by Gasteiger charge is -2.12. The van der Waals surface area contributed by atoms with Crippen molar-refractivity contribution in [2.45, 2.75) is 13.5 Å². The van der Waals surface area contributed by atoms with Crippen molar-refractivity contribution in [3.05, 3.63) is 52.2 Å². The van der Waals surface area contributed by atoms with Crippen LogP contribution in [0, 0.1) is 6.92 Å². The molecule has 2 N–H and O–H groups in total. The topological polar surface area (TPSA) is 45.7 Å². The van der Waals surface area contributed by atoms with Crippen LogP contribution in [-0.2, 0) is 6.54 Å². The zero-order chi connectivity index (χ0) is 14.9. The first-order valence-electron chi connectivity index (χ1n) is 6.95. The number of aryl methyl sites for hydroxylation is 1. The maximum atomic E-state index is 5.63. The molecule has 0 aliphatic heterocycles. The first-order valence-corrected chi connectivity index (χ1v) is 7.83. The number of para-hydroxylation sites is 1. The number of nitrogens with one attached hydrogen (secondary N) is 2. The molecule has 2 rings (SSSR count). The van der Waals surface area contributed by atoms with Gasteiger partial charge in [0.1, 0.15) is 12.4 Å². The molecule has 0 amide bonds. The van der Waals surface area contributed by atoms with Crippen LogP contribution in [0.25, 0.3) is 0 Å². The van der Waals surface area contributed by atoms with E-state index in [1.54, 1.807) is 18.4 Å². The van der Waals surface area contributed by atoms with Gasteiger partial charge in [0.25, 0.3) is 0 Å². The molecular formula is C16H22IN3OS. The van der Waals surface area contributed by atoms with Crippen LogP contribution in [0.2, 0.25) is 0 Å². The minimum atomic E-state index is 0. The van der Waals surface area contributed by atoms with Gasteiger partial charge in [0.15, 0.2) is 5.96 Å². The van der Waals surface area contributed by atoms with Gasteiger partial charge in [-0.05, 0) is 36.1 Å². The molecule has 0 saturated heterocycles. The highest BCUT2D eigenvalue weighted by Crippen LogP contribution is 2.14. The molecule has 0 unspecified atom stereocenters. The van der Waals surface area contributed by atoms with Crippen LogP contribution in [0.1, 0.15) is 10.4 Å². The van der Waals surface area contributed by atoms with Crippen LogP contribution in [0.15, 0.2) is 46.8 Å². The molecule has 2 aromatic rings. The first-order chi connectivity index (χ1) is 10.3. The lowest BCUT2D eigenvalue weighted by atomic mass is 10.3. The molecule has 0 saturated carbocycles. The molecule has 0 aliphatic carbocycles. The predicted octanol–water partition coefficient (Wildman–Crippen LogP) is 3.42. The standard InChI is InChI=1S/C16H21N3OS.HI/c1-13-8-11-21-15(13)12-19-16(17-2)18-9-10-20-14-6-4-3-5-7-14;/h3-8,11H,9-10,12H2,1-2H3,(H2,17,18,19);1H. The van der Waals surface area contributed by atoms with Crippen molar-refractivity contribution >= 4 is 41.3 Å². The molecular weight excluding hydrogens is 409 g/mol. The summed E-state index contributed by atoms with van der Waals surface area (Å²) in [6.07, 6.45) is 0. The maximum Gasteiger partial charge on any atom is 0.191 e. The van der Waals surface area contributed by atoms with Crippen molar-refractivity contribution in [1.29, 1.82) is 0 Å². The highest BCUT2D eigenvalue weighted by Gasteiger charge is 2.02. The van der Waals surface area contributed by atoms with Gasteiger partial charge in [0.05, 0.1) is 13.1 Å². The molecule has 4 nitrogen and oxygen atoms in total. The van der Waals surface area contributed by atoms with E-state index in [0.717, 1.165) is 18.3 Å². The molecule has 1 heterocycles. The second-order valence-electron chi connectivity index (χ2n) is 4.54. The second kappa shape index (κ2) is 10.4. The van der Waals surface area contributed by atoms with Crippen molar-refractivity contribution in [2.24, 2.45) is 4.99 Å². The van der Waals surface area contributed by atoms with Gasteiger partial charge in [-0.3, -0.25) is 4.99 Å². The number of rotatable bonds is 6. The Kier molecular flexibility index (Phi) is 8.91. The van der Waals surface area contributed by atoms with E-state index in [4.69, 9.17) is 4.74 Å². The van der Waals surface area contributed by atoms with E-state index in [9.17, 15) is 0 Å². The molecule has 0 radical (unpaired) electrons. The molecule has 0 aliphatic rings. The van der Waals surface area contributed by atoms with Crippen LogP contribution in [0.5, 0.6) is 5.75 Å². The van der Waals surface area contributed by atoms with Gasteiger partial charge >= 0.3 is 0 Å². The van der Waals surface area contributed by atoms with E-state index >= 15 is 0 Å². The molecule has 120 valence electrons. The maximum absolute atomic E-state index is 5.63. The minimum Gasteiger partial charge on any atom is -0.492 e. The average Bonchev–Trinajstić information content (AvgIpc) is 2.93. The number of guanidine groups is 1. The van der Waals surface area contributed by atoms with Gasteiger partial charge in [-0.25, -0.2) is 0 Å². The predicted molar refractivity (Wildman–Crippen MR) is 105 cm³/mol. The normalized spacial score (nSPS) is 10.7. The minimum absolute atomic E-state index is 0. The van der Waals surface area contributed by atoms with Gasteiger partial charge in [0.2, 0.25) is 0 Å². The Bertz CT molecular complexity index is 572. The molecule has 0 spiro atoms. The first kappa shape index (κ1) is 18.8. The number of halogens is 1. The monoisotopic (exact) mass is 431 g/mol. The Morgan fingerprint density at radius 1 is 1.18 bits per heavy atom. The summed E-state index contributed by atoms with van der Waals surface area (Å²) in [5.41, 5.74) is 1.32. The zero-order valence-electron chi connectivity index (χ0n) is 12.8. The number of hydrogen-bond acceptors (Lipinski definition) is 3. The number of hydrogen-bond donors (Lipinski definition) is 2. The number of nitrogens with zero attached hydrogens (tertiary/aromatic N) is 1. The molecule has 0 atom stereocenters. The highest BCUT2D eigenvalue weighted by atomic mass is 127. The Labute approximate surface area is 153 Å². The van der Waals surface area contributed by atoms with Crippen LogP contribution < -0.4 is 15.4 Å². The summed E-state index contributed by atoms with van der Waals surface area (Å²) >= 11 is 1.76. The summed E-state index contributed by atoms with van der Waals surface area (Å²) in [7, 11) is 1.77. The van der Waals surface area contributed by atoms with Crippen molar-refractivity contribution in [3.63, 3.8) is 0 Å². The van der Waals surface area contributed by atoms with Crippen molar-refractivity contribution in [3.8, 4) is 5.75 Å². The summed E-state index contributed by atoms with van der Waals surface area (Å²) in [5.74, 6) is 1.68. The van der Waals surface area contributed by atoms with Crippen LogP contribution >= 0.6 is 35.3 Å². The van der Waals surface area contributed by atoms with Gasteiger partial charge in [-0.2, -0.15) is 0 Å². The Balaban J connectivity index is 0.00000242. The second-order valence-corrected chi connectivity index (χ2v) is 5.54. The number of benzene rings is 1. The van der Waals surface area contributed by atoms with Crippen molar-refractivity contribution in [1.82, 2.24) is 10.6 Å². The summed E-state index contributed by atoms with van der Waals surface area (Å²) in [4.78, 5) is 5.54. The Hall–Kier alpha value is -1.28. The summed E-state index contributed by atoms with van der Waals surface area (Å²) < 4.78 is 5.63. The van der Waals surface area contributed by atoms with E-state index in [-0.39, 0.29) is 24.0 Å². The van der Waals surface area contributed by atoms with Gasteiger partial charge < -0.3 is 15.4 Å². The smallest absolute Gasteiger partial charge is 0.191 e. The van der Waals surface area contributed by atoms with Crippen LogP contribution in [0.3, 0.4) is 0 Å². The average molecular weight is 431 g/mol. The Morgan fingerprint density at radius 3 is 2.59 bits per heavy atom. The summed E-state index contributed by atoms with van der Waals surface area (Å²) in [6, 6.07) is 11.9. The SMILES string of the molecule is CN=C(NCCOc1ccccc1)NCc1sccc1C.I. The molecule has 6 heteroatoms. The largest absolute Gasteiger partial charge is 0.492 e. The third-order valence-corrected chi connectivity index (χ3v) is 4.04. The van der Waals surface area contributed by atoms with Crippen LogP contribution in [0.4, 0.5) is 0 Å². The number of aliphatic imine (C=N–C) groups is 1. The number of thiophene rings is 1. The van der Waals surface area contributed by atoms with Gasteiger partial charge in [-0.1, -0.05) is 18.2 Å². The number of ether oxygens (including phenoxy) is 1. The zero-order valence-corrected chi connectivity index (χ0v) is 16.0. The highest BCUT2D eigenvalue weighted by molar-refractivity contribution is 14.0. The van der Waals surface area contributed by atoms with E-state index in [0.29, 0.717) is 13.2 Å². The summed E-state index contributed by atoms with van der Waals surface area (Å²) in [5, 5.41) is 8.65. The lowest BCUT2D eigenvalue weighted by Crippen LogP contribution is -2.38. The van der Waals surface area contributed by atoms with Crippen molar-refractivity contribution in [2.75, 3.05) is 20.2 Å². The van der Waals surface area contributed by atoms with E-state index < -0.39 is 0 Å². The van der Waals surface area contributed by atoms with Crippen molar-refractivity contribution < 1.29 is 4.74 Å². The fourth-order valence-electron chi connectivity index (χ4n) is 1.82. The lowest BCUT2D eigenvalue weighted by molar-refractivity contribution is 0.322. The molecule has 1 aromatic carbocycles. The van der Waals surface area contributed by atoms with Gasteiger partial charge in [-0.15, -0.1) is 35.3 Å². The molecule has 22 heavy (non-hydrogen) atoms. The van der Waals surface area contributed by atoms with E-state index in [1.807, 2.05) is 30.3 Å². The van der Waals surface area contributed by atoms with E-state index in [1.165, 1.54) is 10.4 Å². The molecule has 1 aromatic heterocycles.